The molecule has 1 N–H and O–H groups in total. The fourth-order valence-electron chi connectivity index (χ4n) is 7.10. The molecule has 1 unspecified atom stereocenters. The van der Waals surface area contributed by atoms with Crippen LogP contribution in [-0.4, -0.2) is 47.1 Å². The number of ether oxygens (including phenoxy) is 1. The van der Waals surface area contributed by atoms with Gasteiger partial charge in [-0.2, -0.15) is 13.2 Å². The lowest BCUT2D eigenvalue weighted by Crippen LogP contribution is -2.57. The Kier molecular flexibility index (Phi) is 5.77. The molecule has 0 spiro atoms. The maximum absolute atomic E-state index is 13.7. The van der Waals surface area contributed by atoms with Crippen molar-refractivity contribution in [1.82, 2.24) is 15.2 Å². The van der Waals surface area contributed by atoms with Crippen LogP contribution in [0, 0.1) is 23.2 Å². The maximum atomic E-state index is 13.7. The highest BCUT2D eigenvalue weighted by Gasteiger charge is 2.56. The van der Waals surface area contributed by atoms with Gasteiger partial charge in [-0.25, -0.2) is 4.98 Å². The molecule has 4 saturated carbocycles. The number of nitrogens with zero attached hydrogens (tertiary/aromatic N) is 2. The fourth-order valence-corrected chi connectivity index (χ4v) is 7.10. The van der Waals surface area contributed by atoms with E-state index in [9.17, 15) is 22.8 Å². The molecule has 5 fully saturated rings. The van der Waals surface area contributed by atoms with E-state index in [2.05, 4.69) is 10.3 Å². The van der Waals surface area contributed by atoms with Crippen molar-refractivity contribution >= 4 is 11.8 Å². The van der Waals surface area contributed by atoms with Crippen molar-refractivity contribution in [3.63, 3.8) is 0 Å². The van der Waals surface area contributed by atoms with Crippen molar-refractivity contribution in [2.45, 2.75) is 70.1 Å². The Morgan fingerprint density at radius 1 is 1.15 bits per heavy atom. The summed E-state index contributed by atoms with van der Waals surface area (Å²) in [4.78, 5) is 32.4. The molecule has 4 aliphatic carbocycles. The van der Waals surface area contributed by atoms with Gasteiger partial charge in [0, 0.05) is 24.8 Å². The molecule has 33 heavy (non-hydrogen) atoms. The molecule has 1 aliphatic heterocycles. The number of nitrogens with one attached hydrogen (secondary N) is 1. The van der Waals surface area contributed by atoms with E-state index in [4.69, 9.17) is 4.74 Å². The molecule has 1 saturated heterocycles. The molecule has 9 heteroatoms. The first-order chi connectivity index (χ1) is 15.7. The monoisotopic (exact) mass is 465 g/mol. The number of aromatic nitrogens is 1. The van der Waals surface area contributed by atoms with Gasteiger partial charge in [0.1, 0.15) is 6.04 Å². The van der Waals surface area contributed by atoms with E-state index >= 15 is 0 Å². The zero-order chi connectivity index (χ0) is 23.2. The minimum Gasteiger partial charge on any atom is -0.468 e. The summed E-state index contributed by atoms with van der Waals surface area (Å²) in [6.07, 6.45) is 4.88. The molecule has 4 bridgehead atoms. The lowest BCUT2D eigenvalue weighted by atomic mass is 9.49. The van der Waals surface area contributed by atoms with Crippen LogP contribution >= 0.6 is 0 Å². The minimum atomic E-state index is -4.47. The number of carbonyl (C=O) groups excluding carboxylic acids is 2. The number of hydrogen-bond acceptors (Lipinski definition) is 4. The Hall–Kier alpha value is -2.32. The van der Waals surface area contributed by atoms with Crippen molar-refractivity contribution in [2.24, 2.45) is 23.2 Å². The summed E-state index contributed by atoms with van der Waals surface area (Å²) in [6, 6.07) is 2.63. The summed E-state index contributed by atoms with van der Waals surface area (Å²) in [5.41, 5.74) is 0.0756. The van der Waals surface area contributed by atoms with Crippen molar-refractivity contribution in [2.75, 3.05) is 13.2 Å². The Balaban J connectivity index is 1.23. The second-order valence-electron chi connectivity index (χ2n) is 10.4. The average molecular weight is 466 g/mol. The number of carbonyl (C=O) groups is 2. The van der Waals surface area contributed by atoms with Gasteiger partial charge in [-0.15, -0.1) is 0 Å². The number of amides is 2. The lowest BCUT2D eigenvalue weighted by molar-refractivity contribution is -0.160. The molecule has 0 aromatic carbocycles. The van der Waals surface area contributed by atoms with Crippen LogP contribution in [-0.2, 0) is 16.1 Å². The van der Waals surface area contributed by atoms with Crippen LogP contribution in [0.2, 0.25) is 0 Å². The van der Waals surface area contributed by atoms with Crippen LogP contribution in [0.25, 0.3) is 0 Å². The smallest absolute Gasteiger partial charge is 0.422 e. The van der Waals surface area contributed by atoms with Gasteiger partial charge in [0.25, 0.3) is 0 Å². The van der Waals surface area contributed by atoms with Gasteiger partial charge in [-0.3, -0.25) is 9.59 Å². The number of alkyl halides is 3. The third kappa shape index (κ3) is 4.55. The van der Waals surface area contributed by atoms with Crippen LogP contribution in [0.3, 0.4) is 0 Å². The second kappa shape index (κ2) is 8.47. The molecule has 6 nitrogen and oxygen atoms in total. The summed E-state index contributed by atoms with van der Waals surface area (Å²) in [7, 11) is 0. The Morgan fingerprint density at radius 3 is 2.45 bits per heavy atom. The molecule has 1 aromatic rings. The number of rotatable bonds is 6. The number of halogens is 3. The average Bonchev–Trinajstić information content (AvgIpc) is 3.24. The lowest BCUT2D eigenvalue weighted by Gasteiger charge is -2.56. The van der Waals surface area contributed by atoms with Gasteiger partial charge in [0.15, 0.2) is 6.61 Å². The maximum Gasteiger partial charge on any atom is 0.422 e. The summed E-state index contributed by atoms with van der Waals surface area (Å²) >= 11 is 0. The van der Waals surface area contributed by atoms with E-state index in [1.165, 1.54) is 25.5 Å². The van der Waals surface area contributed by atoms with Crippen LogP contribution in [0.5, 0.6) is 5.88 Å². The standard InChI is InChI=1S/C24H30F3N3O3/c25-24(26,27)14-33-21-18(3-1-5-28-21)13-29-20(31)19-4-2-6-30(19)22(32)23-10-15-7-16(11-23)9-17(8-15)12-23/h1,3,5,15-17,19H,2,4,6-14H2,(H,29,31). The van der Waals surface area contributed by atoms with Gasteiger partial charge in [-0.05, 0) is 75.2 Å². The number of likely N-dealkylation sites (tertiary alicyclic amines) is 1. The van der Waals surface area contributed by atoms with Crippen LogP contribution in [0.15, 0.2) is 18.3 Å². The molecule has 2 heterocycles. The molecule has 1 aromatic heterocycles. The molecule has 1 atom stereocenters. The number of hydrogen-bond donors (Lipinski definition) is 1. The zero-order valence-corrected chi connectivity index (χ0v) is 18.6. The molecular formula is C24H30F3N3O3. The second-order valence-corrected chi connectivity index (χ2v) is 10.4. The molecule has 6 rings (SSSR count). The van der Waals surface area contributed by atoms with Gasteiger partial charge < -0.3 is 15.0 Å². The Morgan fingerprint density at radius 2 is 1.82 bits per heavy atom. The highest BCUT2D eigenvalue weighted by Crippen LogP contribution is 2.60. The molecule has 0 radical (unpaired) electrons. The summed E-state index contributed by atoms with van der Waals surface area (Å²) in [6.45, 7) is -0.859. The number of pyridine rings is 1. The van der Waals surface area contributed by atoms with Crippen LogP contribution < -0.4 is 10.1 Å². The first kappa shape index (κ1) is 22.5. The van der Waals surface area contributed by atoms with Crippen LogP contribution in [0.1, 0.15) is 56.9 Å². The van der Waals surface area contributed by atoms with Crippen molar-refractivity contribution in [1.29, 1.82) is 0 Å². The third-order valence-corrected chi connectivity index (χ3v) is 7.98. The molecule has 2 amide bonds. The zero-order valence-electron chi connectivity index (χ0n) is 18.6. The molecular weight excluding hydrogens is 435 g/mol. The minimum absolute atomic E-state index is 0.00421. The van der Waals surface area contributed by atoms with E-state index in [-0.39, 0.29) is 29.7 Å². The fraction of sp³-hybridized carbons (Fsp3) is 0.708. The van der Waals surface area contributed by atoms with E-state index in [0.29, 0.717) is 36.3 Å². The normalized spacial score (nSPS) is 32.8. The SMILES string of the molecule is O=C(NCc1cccnc1OCC(F)(F)F)C1CCCN1C(=O)C12CC3CC(CC(C3)C1)C2. The van der Waals surface area contributed by atoms with Gasteiger partial charge in [0.05, 0.1) is 5.41 Å². The van der Waals surface area contributed by atoms with E-state index in [1.807, 2.05) is 0 Å². The van der Waals surface area contributed by atoms with Crippen molar-refractivity contribution in [3.05, 3.63) is 23.9 Å². The third-order valence-electron chi connectivity index (χ3n) is 7.98. The summed E-state index contributed by atoms with van der Waals surface area (Å²) in [5.74, 6) is 1.68. The highest BCUT2D eigenvalue weighted by atomic mass is 19.4. The van der Waals surface area contributed by atoms with Gasteiger partial charge >= 0.3 is 6.18 Å². The Bertz CT molecular complexity index is 884. The largest absolute Gasteiger partial charge is 0.468 e. The first-order valence-electron chi connectivity index (χ1n) is 11.9. The molecule has 180 valence electrons. The topological polar surface area (TPSA) is 71.5 Å². The summed E-state index contributed by atoms with van der Waals surface area (Å²) < 4.78 is 42.4. The van der Waals surface area contributed by atoms with E-state index < -0.39 is 18.8 Å². The van der Waals surface area contributed by atoms with Crippen molar-refractivity contribution in [3.8, 4) is 5.88 Å². The summed E-state index contributed by atoms with van der Waals surface area (Å²) in [5, 5.41) is 2.80. The van der Waals surface area contributed by atoms with Gasteiger partial charge in [-0.1, -0.05) is 6.07 Å². The molecule has 5 aliphatic rings. The first-order valence-corrected chi connectivity index (χ1v) is 11.9. The van der Waals surface area contributed by atoms with E-state index in [1.54, 1.807) is 17.0 Å². The predicted octanol–water partition coefficient (Wildman–Crippen LogP) is 3.85. The van der Waals surface area contributed by atoms with Gasteiger partial charge in [0.2, 0.25) is 17.7 Å². The predicted molar refractivity (Wildman–Crippen MR) is 113 cm³/mol. The van der Waals surface area contributed by atoms with Crippen LogP contribution in [0.4, 0.5) is 13.2 Å². The van der Waals surface area contributed by atoms with Crippen molar-refractivity contribution < 1.29 is 27.5 Å². The quantitative estimate of drug-likeness (QED) is 0.693. The Labute approximate surface area is 191 Å². The van der Waals surface area contributed by atoms with E-state index in [0.717, 1.165) is 25.7 Å². The highest BCUT2D eigenvalue weighted by molar-refractivity contribution is 5.91.